The summed E-state index contributed by atoms with van der Waals surface area (Å²) in [6, 6.07) is 2.51. The van der Waals surface area contributed by atoms with Crippen LogP contribution in [0.1, 0.15) is 24.7 Å². The second kappa shape index (κ2) is 7.07. The van der Waals surface area contributed by atoms with E-state index < -0.39 is 17.4 Å². The van der Waals surface area contributed by atoms with Crippen LogP contribution in [0.15, 0.2) is 12.1 Å². The first-order valence-electron chi connectivity index (χ1n) is 6.64. The Kier molecular flexibility index (Phi) is 5.15. The number of aromatic nitrogens is 4. The van der Waals surface area contributed by atoms with Gasteiger partial charge < -0.3 is 10.1 Å². The van der Waals surface area contributed by atoms with Crippen molar-refractivity contribution in [2.75, 3.05) is 6.54 Å². The topological polar surface area (TPSA) is 64.9 Å². The van der Waals surface area contributed by atoms with Gasteiger partial charge in [0.25, 0.3) is 0 Å². The predicted octanol–water partition coefficient (Wildman–Crippen LogP) is 1.57. The molecule has 1 aromatic heterocycles. The summed E-state index contributed by atoms with van der Waals surface area (Å²) in [6.45, 7) is 3.08. The van der Waals surface area contributed by atoms with Gasteiger partial charge in [-0.2, -0.15) is 4.80 Å². The molecular formula is C13H17F2N5O. The Morgan fingerprint density at radius 2 is 2.00 bits per heavy atom. The Hall–Kier alpha value is -2.09. The standard InChI is InChI=1S/C13H17F2N5O/c1-3-4-16-7-9-5-10(14)13(11(15)6-9)21-8-12-17-19-20(2)18-12/h5-6,16H,3-4,7-8H2,1-2H3. The highest BCUT2D eigenvalue weighted by Crippen LogP contribution is 2.24. The van der Waals surface area contributed by atoms with Crippen LogP contribution in [0.25, 0.3) is 0 Å². The maximum atomic E-state index is 13.9. The van der Waals surface area contributed by atoms with E-state index in [-0.39, 0.29) is 12.4 Å². The monoisotopic (exact) mass is 297 g/mol. The molecule has 21 heavy (non-hydrogen) atoms. The molecule has 1 N–H and O–H groups in total. The van der Waals surface area contributed by atoms with Gasteiger partial charge >= 0.3 is 0 Å². The van der Waals surface area contributed by atoms with Gasteiger partial charge in [0.15, 0.2) is 24.0 Å². The molecule has 0 amide bonds. The Labute approximate surface area is 121 Å². The first-order chi connectivity index (χ1) is 10.1. The Morgan fingerprint density at radius 3 is 2.57 bits per heavy atom. The highest BCUT2D eigenvalue weighted by molar-refractivity contribution is 5.31. The summed E-state index contributed by atoms with van der Waals surface area (Å²) in [7, 11) is 1.59. The minimum atomic E-state index is -0.743. The minimum absolute atomic E-state index is 0.144. The number of halogens is 2. The second-order valence-electron chi connectivity index (χ2n) is 4.55. The zero-order valence-electron chi connectivity index (χ0n) is 11.9. The lowest BCUT2D eigenvalue weighted by molar-refractivity contribution is 0.265. The lowest BCUT2D eigenvalue weighted by Gasteiger charge is -2.09. The van der Waals surface area contributed by atoms with Crippen LogP contribution >= 0.6 is 0 Å². The van der Waals surface area contributed by atoms with E-state index in [4.69, 9.17) is 4.74 Å². The predicted molar refractivity (Wildman–Crippen MR) is 71.5 cm³/mol. The van der Waals surface area contributed by atoms with E-state index in [1.165, 1.54) is 16.9 Å². The van der Waals surface area contributed by atoms with Gasteiger partial charge in [-0.1, -0.05) is 6.92 Å². The molecule has 1 aromatic carbocycles. The fourth-order valence-electron chi connectivity index (χ4n) is 1.78. The van der Waals surface area contributed by atoms with Crippen molar-refractivity contribution < 1.29 is 13.5 Å². The van der Waals surface area contributed by atoms with E-state index in [1.54, 1.807) is 7.05 Å². The van der Waals surface area contributed by atoms with Gasteiger partial charge in [0, 0.05) is 6.54 Å². The van der Waals surface area contributed by atoms with Crippen LogP contribution in [-0.2, 0) is 20.2 Å². The zero-order chi connectivity index (χ0) is 15.2. The maximum Gasteiger partial charge on any atom is 0.212 e. The largest absolute Gasteiger partial charge is 0.479 e. The van der Waals surface area contributed by atoms with Gasteiger partial charge in [0.2, 0.25) is 5.82 Å². The summed E-state index contributed by atoms with van der Waals surface area (Å²) in [5.41, 5.74) is 0.531. The van der Waals surface area contributed by atoms with Crippen molar-refractivity contribution in [3.8, 4) is 5.75 Å². The summed E-state index contributed by atoms with van der Waals surface area (Å²) >= 11 is 0. The third-order valence-corrected chi connectivity index (χ3v) is 2.71. The normalized spacial score (nSPS) is 10.9. The van der Waals surface area contributed by atoms with Gasteiger partial charge in [0.1, 0.15) is 0 Å². The van der Waals surface area contributed by atoms with Gasteiger partial charge in [-0.25, -0.2) is 8.78 Å². The highest BCUT2D eigenvalue weighted by atomic mass is 19.1. The fraction of sp³-hybridized carbons (Fsp3) is 0.462. The van der Waals surface area contributed by atoms with Crippen LogP contribution in [0.5, 0.6) is 5.75 Å². The number of ether oxygens (including phenoxy) is 1. The van der Waals surface area contributed by atoms with Gasteiger partial charge in [-0.15, -0.1) is 10.2 Å². The maximum absolute atomic E-state index is 13.9. The van der Waals surface area contributed by atoms with Crippen LogP contribution in [0.3, 0.4) is 0 Å². The fourth-order valence-corrected chi connectivity index (χ4v) is 1.78. The van der Waals surface area contributed by atoms with Crippen molar-refractivity contribution in [2.24, 2.45) is 7.05 Å². The van der Waals surface area contributed by atoms with Crippen LogP contribution in [0.4, 0.5) is 8.78 Å². The van der Waals surface area contributed by atoms with Crippen molar-refractivity contribution in [3.63, 3.8) is 0 Å². The van der Waals surface area contributed by atoms with Crippen LogP contribution < -0.4 is 10.1 Å². The van der Waals surface area contributed by atoms with Crippen molar-refractivity contribution in [3.05, 3.63) is 35.2 Å². The lowest BCUT2D eigenvalue weighted by Crippen LogP contribution is -2.14. The third kappa shape index (κ3) is 4.19. The van der Waals surface area contributed by atoms with Crippen LogP contribution in [0, 0.1) is 11.6 Å². The quantitative estimate of drug-likeness (QED) is 0.786. The first kappa shape index (κ1) is 15.3. The molecular weight excluding hydrogens is 280 g/mol. The molecule has 0 radical (unpaired) electrons. The number of rotatable bonds is 7. The molecule has 0 saturated carbocycles. The molecule has 1 heterocycles. The van der Waals surface area contributed by atoms with E-state index in [0.717, 1.165) is 13.0 Å². The molecule has 0 aliphatic heterocycles. The highest BCUT2D eigenvalue weighted by Gasteiger charge is 2.14. The summed E-state index contributed by atoms with van der Waals surface area (Å²) in [6.07, 6.45) is 0.956. The number of hydrogen-bond acceptors (Lipinski definition) is 5. The molecule has 6 nitrogen and oxygen atoms in total. The van der Waals surface area contributed by atoms with Gasteiger partial charge in [-0.05, 0) is 35.9 Å². The Morgan fingerprint density at radius 1 is 1.29 bits per heavy atom. The van der Waals surface area contributed by atoms with Crippen molar-refractivity contribution >= 4 is 0 Å². The van der Waals surface area contributed by atoms with E-state index in [9.17, 15) is 8.78 Å². The first-order valence-corrected chi connectivity index (χ1v) is 6.64. The molecule has 2 aromatic rings. The molecule has 8 heteroatoms. The number of aryl methyl sites for hydroxylation is 1. The summed E-state index contributed by atoms with van der Waals surface area (Å²) in [4.78, 5) is 1.24. The molecule has 0 unspecified atom stereocenters. The molecule has 2 rings (SSSR count). The summed E-state index contributed by atoms with van der Waals surface area (Å²) in [5.74, 6) is -1.66. The average molecular weight is 297 g/mol. The van der Waals surface area contributed by atoms with Crippen molar-refractivity contribution in [1.82, 2.24) is 25.5 Å². The number of nitrogens with one attached hydrogen (secondary N) is 1. The Balaban J connectivity index is 2.02. The van der Waals surface area contributed by atoms with E-state index in [0.29, 0.717) is 12.1 Å². The van der Waals surface area contributed by atoms with Crippen LogP contribution in [-0.4, -0.2) is 26.8 Å². The average Bonchev–Trinajstić information content (AvgIpc) is 2.84. The lowest BCUT2D eigenvalue weighted by atomic mass is 10.2. The molecule has 0 atom stereocenters. The molecule has 0 spiro atoms. The number of hydrogen-bond donors (Lipinski definition) is 1. The zero-order valence-corrected chi connectivity index (χ0v) is 11.9. The van der Waals surface area contributed by atoms with Crippen LogP contribution in [0.2, 0.25) is 0 Å². The minimum Gasteiger partial charge on any atom is -0.479 e. The van der Waals surface area contributed by atoms with Crippen molar-refractivity contribution in [1.29, 1.82) is 0 Å². The summed E-state index contributed by atoms with van der Waals surface area (Å²) in [5, 5.41) is 14.2. The Bertz CT molecular complexity index is 579. The number of tetrazole rings is 1. The smallest absolute Gasteiger partial charge is 0.212 e. The van der Waals surface area contributed by atoms with E-state index in [2.05, 4.69) is 20.7 Å². The SMILES string of the molecule is CCCNCc1cc(F)c(OCc2nnn(C)n2)c(F)c1. The van der Waals surface area contributed by atoms with Gasteiger partial charge in [-0.3, -0.25) is 0 Å². The third-order valence-electron chi connectivity index (χ3n) is 2.71. The number of nitrogens with zero attached hydrogens (tertiary/aromatic N) is 4. The number of benzene rings is 1. The molecule has 0 bridgehead atoms. The molecule has 0 fully saturated rings. The molecule has 0 aliphatic rings. The molecule has 114 valence electrons. The molecule has 0 saturated heterocycles. The van der Waals surface area contributed by atoms with Crippen molar-refractivity contribution in [2.45, 2.75) is 26.5 Å². The van der Waals surface area contributed by atoms with E-state index >= 15 is 0 Å². The van der Waals surface area contributed by atoms with Gasteiger partial charge in [0.05, 0.1) is 7.05 Å². The molecule has 0 aliphatic carbocycles. The van der Waals surface area contributed by atoms with E-state index in [1.807, 2.05) is 6.92 Å². The second-order valence-corrected chi connectivity index (χ2v) is 4.55. The summed E-state index contributed by atoms with van der Waals surface area (Å²) < 4.78 is 32.8.